The van der Waals surface area contributed by atoms with Crippen molar-refractivity contribution in [3.8, 4) is 5.75 Å². The number of carbonyl (C=O) groups is 1. The van der Waals surface area contributed by atoms with Crippen molar-refractivity contribution in [3.05, 3.63) is 42.0 Å². The lowest BCUT2D eigenvalue weighted by atomic mass is 10.1. The number of halogens is 4. The van der Waals surface area contributed by atoms with E-state index < -0.39 is 24.2 Å². The summed E-state index contributed by atoms with van der Waals surface area (Å²) in [6.07, 6.45) is -5.42. The van der Waals surface area contributed by atoms with E-state index in [0.29, 0.717) is 30.0 Å². The Labute approximate surface area is 164 Å². The van der Waals surface area contributed by atoms with Crippen LogP contribution in [-0.4, -0.2) is 38.6 Å². The van der Waals surface area contributed by atoms with E-state index in [2.05, 4.69) is 15.4 Å². The van der Waals surface area contributed by atoms with E-state index in [-0.39, 0.29) is 17.8 Å². The first kappa shape index (κ1) is 20.6. The zero-order chi connectivity index (χ0) is 21.2. The molecule has 2 aromatic rings. The van der Waals surface area contributed by atoms with Crippen molar-refractivity contribution in [1.82, 2.24) is 0 Å². The predicted octanol–water partition coefficient (Wildman–Crippen LogP) is 4.01. The number of hydrogen-bond donors (Lipinski definition) is 3. The van der Waals surface area contributed by atoms with E-state index in [4.69, 9.17) is 5.73 Å². The summed E-state index contributed by atoms with van der Waals surface area (Å²) in [5.74, 6) is -0.911. The van der Waals surface area contributed by atoms with Crippen LogP contribution in [0.2, 0.25) is 0 Å². The summed E-state index contributed by atoms with van der Waals surface area (Å²) in [6, 6.07) is 7.94. The van der Waals surface area contributed by atoms with Crippen LogP contribution >= 0.6 is 0 Å². The number of nitrogen functional groups attached to an aromatic ring is 1. The summed E-state index contributed by atoms with van der Waals surface area (Å²) in [5, 5.41) is 5.54. The molecule has 156 valence electrons. The number of amides is 1. The van der Waals surface area contributed by atoms with E-state index >= 15 is 0 Å². The average Bonchev–Trinajstić information content (AvgIpc) is 3.08. The highest BCUT2D eigenvalue weighted by atomic mass is 19.4. The van der Waals surface area contributed by atoms with Gasteiger partial charge in [0.15, 0.2) is 0 Å². The minimum Gasteiger partial charge on any atom is -0.406 e. The molecule has 1 aliphatic rings. The van der Waals surface area contributed by atoms with Gasteiger partial charge >= 0.3 is 6.36 Å². The van der Waals surface area contributed by atoms with Gasteiger partial charge in [-0.15, -0.1) is 13.2 Å². The van der Waals surface area contributed by atoms with Crippen LogP contribution in [0.5, 0.6) is 5.75 Å². The molecule has 0 saturated carbocycles. The van der Waals surface area contributed by atoms with Gasteiger partial charge in [-0.05, 0) is 42.8 Å². The van der Waals surface area contributed by atoms with Gasteiger partial charge < -0.3 is 26.0 Å². The van der Waals surface area contributed by atoms with E-state index in [1.54, 1.807) is 18.0 Å². The monoisotopic (exact) mass is 412 g/mol. The Morgan fingerprint density at radius 2 is 1.93 bits per heavy atom. The molecule has 1 atom stereocenters. The molecule has 1 aliphatic heterocycles. The lowest BCUT2D eigenvalue weighted by Crippen LogP contribution is -2.24. The molecule has 2 aromatic carbocycles. The molecule has 0 aromatic heterocycles. The van der Waals surface area contributed by atoms with Crippen molar-refractivity contribution in [2.45, 2.75) is 19.0 Å². The van der Waals surface area contributed by atoms with Crippen LogP contribution in [-0.2, 0) is 0 Å². The second-order valence-electron chi connectivity index (χ2n) is 6.56. The van der Waals surface area contributed by atoms with Crippen molar-refractivity contribution >= 4 is 28.7 Å². The molecule has 1 saturated heterocycles. The predicted molar refractivity (Wildman–Crippen MR) is 103 cm³/mol. The van der Waals surface area contributed by atoms with Crippen LogP contribution in [0.1, 0.15) is 16.8 Å². The summed E-state index contributed by atoms with van der Waals surface area (Å²) in [4.78, 5) is 14.6. The summed E-state index contributed by atoms with van der Waals surface area (Å²) < 4.78 is 54.2. The summed E-state index contributed by atoms with van der Waals surface area (Å²) in [6.45, 7) is 0.620. The maximum absolute atomic E-state index is 13.7. The number of nitrogens with two attached hydrogens (primary N) is 1. The molecule has 1 fully saturated rings. The molecule has 0 unspecified atom stereocenters. The molecule has 0 aliphatic carbocycles. The zero-order valence-electron chi connectivity index (χ0n) is 15.5. The molecule has 4 N–H and O–H groups in total. The van der Waals surface area contributed by atoms with E-state index in [0.717, 1.165) is 12.1 Å². The van der Waals surface area contributed by atoms with Crippen molar-refractivity contribution in [3.63, 3.8) is 0 Å². The van der Waals surface area contributed by atoms with Crippen molar-refractivity contribution < 1.29 is 27.1 Å². The number of alkyl halides is 4. The second-order valence-corrected chi connectivity index (χ2v) is 6.56. The molecule has 0 bridgehead atoms. The van der Waals surface area contributed by atoms with E-state index in [1.807, 2.05) is 0 Å². The first-order chi connectivity index (χ1) is 13.7. The number of ether oxygens (including phenoxy) is 1. The molecule has 1 heterocycles. The molecule has 6 nitrogen and oxygen atoms in total. The Kier molecular flexibility index (Phi) is 5.71. The van der Waals surface area contributed by atoms with Crippen LogP contribution in [0.25, 0.3) is 0 Å². The van der Waals surface area contributed by atoms with Crippen molar-refractivity contribution in [1.29, 1.82) is 0 Å². The fourth-order valence-corrected chi connectivity index (χ4v) is 3.14. The van der Waals surface area contributed by atoms with Gasteiger partial charge in [0.1, 0.15) is 11.9 Å². The van der Waals surface area contributed by atoms with Crippen LogP contribution < -0.4 is 26.0 Å². The third-order valence-electron chi connectivity index (χ3n) is 4.50. The third kappa shape index (κ3) is 5.01. The molecule has 3 rings (SSSR count). The van der Waals surface area contributed by atoms with Crippen LogP contribution in [0.3, 0.4) is 0 Å². The first-order valence-corrected chi connectivity index (χ1v) is 8.83. The number of rotatable bonds is 5. The van der Waals surface area contributed by atoms with Gasteiger partial charge in [0.25, 0.3) is 5.91 Å². The average molecular weight is 412 g/mol. The summed E-state index contributed by atoms with van der Waals surface area (Å²) in [5.41, 5.74) is 7.96. The molecular formula is C19H20F4N4O2. The molecule has 10 heteroatoms. The highest BCUT2D eigenvalue weighted by Crippen LogP contribution is 2.33. The maximum atomic E-state index is 13.7. The molecular weight excluding hydrogens is 392 g/mol. The Morgan fingerprint density at radius 3 is 2.48 bits per heavy atom. The van der Waals surface area contributed by atoms with Crippen molar-refractivity contribution in [2.75, 3.05) is 41.4 Å². The number of benzene rings is 2. The Morgan fingerprint density at radius 1 is 1.24 bits per heavy atom. The number of carbonyl (C=O) groups excluding carboxylic acids is 1. The molecule has 1 amide bonds. The largest absolute Gasteiger partial charge is 0.573 e. The second kappa shape index (κ2) is 8.06. The topological polar surface area (TPSA) is 79.6 Å². The number of nitrogens with one attached hydrogen (secondary N) is 2. The number of hydrogen-bond acceptors (Lipinski definition) is 5. The number of nitrogens with zero attached hydrogens (tertiary/aromatic N) is 1. The van der Waals surface area contributed by atoms with Crippen LogP contribution in [0.15, 0.2) is 36.4 Å². The standard InChI is InChI=1S/C19H20F4N4O2/c1-25-16-9-17(27-7-6-11(20)10-27)14(8-15(16)24)18(28)26-12-2-4-13(5-3-12)29-19(21,22)23/h2-5,8-9,11,25H,6-7,10,24H2,1H3,(H,26,28)/t11-/m1/s1. The number of anilines is 4. The lowest BCUT2D eigenvalue weighted by molar-refractivity contribution is -0.274. The fraction of sp³-hybridized carbons (Fsp3) is 0.316. The summed E-state index contributed by atoms with van der Waals surface area (Å²) in [7, 11) is 1.68. The normalized spacial score (nSPS) is 16.6. The summed E-state index contributed by atoms with van der Waals surface area (Å²) >= 11 is 0. The van der Waals surface area contributed by atoms with Gasteiger partial charge in [-0.25, -0.2) is 4.39 Å². The SMILES string of the molecule is CNc1cc(N2CC[C@@H](F)C2)c(C(=O)Nc2ccc(OC(F)(F)F)cc2)cc1N. The minimum atomic E-state index is -4.80. The van der Waals surface area contributed by atoms with Gasteiger partial charge in [0, 0.05) is 25.8 Å². The molecule has 0 spiro atoms. The van der Waals surface area contributed by atoms with Crippen LogP contribution in [0, 0.1) is 0 Å². The Bertz CT molecular complexity index is 887. The van der Waals surface area contributed by atoms with Gasteiger partial charge in [-0.3, -0.25) is 4.79 Å². The fourth-order valence-electron chi connectivity index (χ4n) is 3.14. The highest BCUT2D eigenvalue weighted by Gasteiger charge is 2.31. The smallest absolute Gasteiger partial charge is 0.406 e. The van der Waals surface area contributed by atoms with E-state index in [1.165, 1.54) is 18.2 Å². The van der Waals surface area contributed by atoms with Gasteiger partial charge in [-0.1, -0.05) is 0 Å². The lowest BCUT2D eigenvalue weighted by Gasteiger charge is -2.23. The zero-order valence-corrected chi connectivity index (χ0v) is 15.5. The van der Waals surface area contributed by atoms with Gasteiger partial charge in [0.2, 0.25) is 0 Å². The minimum absolute atomic E-state index is 0.164. The quantitative estimate of drug-likeness (QED) is 0.511. The Hall–Kier alpha value is -3.17. The highest BCUT2D eigenvalue weighted by molar-refractivity contribution is 6.09. The Balaban J connectivity index is 1.83. The maximum Gasteiger partial charge on any atom is 0.573 e. The first-order valence-electron chi connectivity index (χ1n) is 8.83. The third-order valence-corrected chi connectivity index (χ3v) is 4.50. The van der Waals surface area contributed by atoms with E-state index in [9.17, 15) is 22.4 Å². The molecule has 0 radical (unpaired) electrons. The van der Waals surface area contributed by atoms with Gasteiger partial charge in [0.05, 0.1) is 22.6 Å². The van der Waals surface area contributed by atoms with Crippen LogP contribution in [0.4, 0.5) is 40.3 Å². The molecule has 29 heavy (non-hydrogen) atoms. The van der Waals surface area contributed by atoms with Gasteiger partial charge in [-0.2, -0.15) is 0 Å². The van der Waals surface area contributed by atoms with Crippen molar-refractivity contribution in [2.24, 2.45) is 0 Å².